The average molecular weight is 335 g/mol. The largest absolute Gasteiger partial charge is 0.480 e. The van der Waals surface area contributed by atoms with Crippen molar-refractivity contribution in [2.45, 2.75) is 25.4 Å². The highest BCUT2D eigenvalue weighted by atomic mass is 16.4. The van der Waals surface area contributed by atoms with Crippen molar-refractivity contribution in [3.63, 3.8) is 0 Å². The van der Waals surface area contributed by atoms with Crippen molar-refractivity contribution in [1.82, 2.24) is 23.6 Å². The number of hydrogen-bond acceptors (Lipinski definition) is 5. The Bertz CT molecular complexity index is 953. The van der Waals surface area contributed by atoms with Crippen molar-refractivity contribution in [3.8, 4) is 0 Å². The van der Waals surface area contributed by atoms with Crippen molar-refractivity contribution in [3.05, 3.63) is 27.2 Å². The van der Waals surface area contributed by atoms with E-state index >= 15 is 0 Å². The van der Waals surface area contributed by atoms with Gasteiger partial charge in [-0.05, 0) is 12.8 Å². The fraction of sp³-hybridized carbons (Fsp3) is 0.500. The zero-order valence-electron chi connectivity index (χ0n) is 13.3. The zero-order chi connectivity index (χ0) is 17.6. The van der Waals surface area contributed by atoms with Crippen molar-refractivity contribution in [2.75, 3.05) is 6.54 Å². The van der Waals surface area contributed by atoms with Crippen molar-refractivity contribution in [2.24, 2.45) is 14.1 Å². The van der Waals surface area contributed by atoms with Crippen LogP contribution in [0.4, 0.5) is 0 Å². The number of nitrogens with zero attached hydrogens (tertiary/aromatic N) is 5. The van der Waals surface area contributed by atoms with Gasteiger partial charge in [-0.25, -0.2) is 14.6 Å². The molecule has 1 N–H and O–H groups in total. The third kappa shape index (κ3) is 2.30. The summed E-state index contributed by atoms with van der Waals surface area (Å²) in [6, 6.07) is -0.834. The predicted molar refractivity (Wildman–Crippen MR) is 82.6 cm³/mol. The number of carbonyl (C=O) groups is 2. The van der Waals surface area contributed by atoms with Crippen molar-refractivity contribution >= 4 is 23.0 Å². The number of aromatic nitrogens is 4. The van der Waals surface area contributed by atoms with Crippen LogP contribution in [0.3, 0.4) is 0 Å². The fourth-order valence-corrected chi connectivity index (χ4v) is 3.08. The van der Waals surface area contributed by atoms with Gasteiger partial charge < -0.3 is 14.6 Å². The summed E-state index contributed by atoms with van der Waals surface area (Å²) >= 11 is 0. The van der Waals surface area contributed by atoms with Gasteiger partial charge in [0.1, 0.15) is 12.6 Å². The van der Waals surface area contributed by atoms with Crippen LogP contribution < -0.4 is 11.2 Å². The summed E-state index contributed by atoms with van der Waals surface area (Å²) in [5.41, 5.74) is -0.727. The van der Waals surface area contributed by atoms with E-state index in [0.29, 0.717) is 19.4 Å². The van der Waals surface area contributed by atoms with E-state index in [0.717, 1.165) is 4.57 Å². The number of carbonyl (C=O) groups excluding carboxylic acids is 1. The topological polar surface area (TPSA) is 119 Å². The summed E-state index contributed by atoms with van der Waals surface area (Å²) in [6.07, 6.45) is 2.36. The molecule has 0 unspecified atom stereocenters. The van der Waals surface area contributed by atoms with Gasteiger partial charge >= 0.3 is 11.7 Å². The molecule has 3 rings (SSSR count). The molecule has 2 aromatic rings. The lowest BCUT2D eigenvalue weighted by atomic mass is 10.2. The average Bonchev–Trinajstić information content (AvgIpc) is 3.17. The molecular weight excluding hydrogens is 318 g/mol. The Balaban J connectivity index is 2.00. The Morgan fingerprint density at radius 3 is 2.67 bits per heavy atom. The van der Waals surface area contributed by atoms with Gasteiger partial charge in [-0.15, -0.1) is 0 Å². The van der Waals surface area contributed by atoms with Crippen LogP contribution in [0.15, 0.2) is 15.9 Å². The van der Waals surface area contributed by atoms with Gasteiger partial charge in [0.25, 0.3) is 5.56 Å². The lowest BCUT2D eigenvalue weighted by Crippen LogP contribution is -2.42. The Hall–Kier alpha value is -2.91. The van der Waals surface area contributed by atoms with Crippen LogP contribution in [0, 0.1) is 0 Å². The third-order valence-corrected chi connectivity index (χ3v) is 4.38. The first-order valence-electron chi connectivity index (χ1n) is 7.46. The van der Waals surface area contributed by atoms with Gasteiger partial charge in [-0.3, -0.25) is 18.7 Å². The normalized spacial score (nSPS) is 17.6. The summed E-state index contributed by atoms with van der Waals surface area (Å²) in [7, 11) is 2.84. The molecule has 0 radical (unpaired) electrons. The molecule has 10 nitrogen and oxygen atoms in total. The van der Waals surface area contributed by atoms with Crippen LogP contribution in [-0.4, -0.2) is 53.2 Å². The molecule has 1 aliphatic rings. The van der Waals surface area contributed by atoms with Crippen LogP contribution in [0.2, 0.25) is 0 Å². The number of likely N-dealkylation sites (tertiary alicyclic amines) is 1. The van der Waals surface area contributed by atoms with E-state index < -0.39 is 29.2 Å². The molecule has 128 valence electrons. The first-order chi connectivity index (χ1) is 11.3. The van der Waals surface area contributed by atoms with Crippen LogP contribution in [0.5, 0.6) is 0 Å². The van der Waals surface area contributed by atoms with Crippen molar-refractivity contribution < 1.29 is 14.7 Å². The number of hydrogen-bond donors (Lipinski definition) is 1. The Kier molecular flexibility index (Phi) is 3.74. The Morgan fingerprint density at radius 1 is 1.29 bits per heavy atom. The lowest BCUT2D eigenvalue weighted by Gasteiger charge is -2.21. The van der Waals surface area contributed by atoms with Crippen LogP contribution >= 0.6 is 0 Å². The van der Waals surface area contributed by atoms with Crippen LogP contribution in [0.25, 0.3) is 11.2 Å². The Labute approximate surface area is 135 Å². The number of amides is 1. The number of aryl methyl sites for hydroxylation is 1. The molecule has 10 heteroatoms. The van der Waals surface area contributed by atoms with Gasteiger partial charge in [0.2, 0.25) is 5.91 Å². The summed E-state index contributed by atoms with van der Waals surface area (Å²) < 4.78 is 3.53. The molecule has 0 aliphatic carbocycles. The molecule has 3 heterocycles. The van der Waals surface area contributed by atoms with Crippen LogP contribution in [-0.2, 0) is 30.2 Å². The first kappa shape index (κ1) is 16.0. The van der Waals surface area contributed by atoms with E-state index in [1.165, 1.54) is 34.5 Å². The number of carboxylic acids is 1. The smallest absolute Gasteiger partial charge is 0.332 e. The number of aliphatic carboxylic acids is 1. The molecule has 0 bridgehead atoms. The maximum atomic E-state index is 12.5. The Morgan fingerprint density at radius 2 is 2.00 bits per heavy atom. The minimum absolute atomic E-state index is 0.138. The zero-order valence-corrected chi connectivity index (χ0v) is 13.3. The SMILES string of the molecule is Cn1c(=O)c2c(ncn2CC(=O)N2CCC[C@@H]2C(=O)O)n(C)c1=O. The van der Waals surface area contributed by atoms with E-state index in [1.807, 2.05) is 0 Å². The fourth-order valence-electron chi connectivity index (χ4n) is 3.08. The molecule has 0 aromatic carbocycles. The standard InChI is InChI=1S/C14H17N5O5/c1-16-11-10(12(21)17(2)14(16)24)18(7-15-11)6-9(20)19-5-3-4-8(19)13(22)23/h7-8H,3-6H2,1-2H3,(H,22,23)/t8-/m1/s1. The number of imidazole rings is 1. The van der Waals surface area contributed by atoms with E-state index in [1.54, 1.807) is 0 Å². The van der Waals surface area contributed by atoms with Gasteiger partial charge in [0, 0.05) is 20.6 Å². The highest BCUT2D eigenvalue weighted by molar-refractivity contribution is 5.85. The van der Waals surface area contributed by atoms with Gasteiger partial charge in [0.15, 0.2) is 11.2 Å². The molecule has 0 saturated carbocycles. The van der Waals surface area contributed by atoms with E-state index in [-0.39, 0.29) is 17.7 Å². The molecular formula is C14H17N5O5. The summed E-state index contributed by atoms with van der Waals surface area (Å²) in [5.74, 6) is -1.43. The third-order valence-electron chi connectivity index (χ3n) is 4.38. The summed E-state index contributed by atoms with van der Waals surface area (Å²) in [5, 5.41) is 9.17. The summed E-state index contributed by atoms with van der Waals surface area (Å²) in [6.45, 7) is 0.173. The van der Waals surface area contributed by atoms with Crippen molar-refractivity contribution in [1.29, 1.82) is 0 Å². The summed E-state index contributed by atoms with van der Waals surface area (Å²) in [4.78, 5) is 53.2. The highest BCUT2D eigenvalue weighted by Gasteiger charge is 2.34. The van der Waals surface area contributed by atoms with Crippen LogP contribution in [0.1, 0.15) is 12.8 Å². The quantitative estimate of drug-likeness (QED) is 0.730. The molecule has 0 spiro atoms. The maximum absolute atomic E-state index is 12.5. The molecule has 1 atom stereocenters. The number of carboxylic acid groups (broad SMARTS) is 1. The number of rotatable bonds is 3. The van der Waals surface area contributed by atoms with Gasteiger partial charge in [-0.2, -0.15) is 0 Å². The second-order valence-corrected chi connectivity index (χ2v) is 5.83. The second kappa shape index (κ2) is 5.62. The van der Waals surface area contributed by atoms with Gasteiger partial charge in [0.05, 0.1) is 6.33 Å². The minimum atomic E-state index is -1.03. The second-order valence-electron chi connectivity index (χ2n) is 5.83. The van der Waals surface area contributed by atoms with E-state index in [9.17, 15) is 24.3 Å². The number of fused-ring (bicyclic) bond motifs is 1. The van der Waals surface area contributed by atoms with E-state index in [4.69, 9.17) is 0 Å². The van der Waals surface area contributed by atoms with E-state index in [2.05, 4.69) is 4.98 Å². The molecule has 2 aromatic heterocycles. The minimum Gasteiger partial charge on any atom is -0.480 e. The highest BCUT2D eigenvalue weighted by Crippen LogP contribution is 2.18. The molecule has 1 amide bonds. The molecule has 24 heavy (non-hydrogen) atoms. The molecule has 1 saturated heterocycles. The molecule has 1 fully saturated rings. The lowest BCUT2D eigenvalue weighted by molar-refractivity contribution is -0.148. The monoisotopic (exact) mass is 335 g/mol. The maximum Gasteiger partial charge on any atom is 0.332 e. The van der Waals surface area contributed by atoms with Gasteiger partial charge in [-0.1, -0.05) is 0 Å². The predicted octanol–water partition coefficient (Wildman–Crippen LogP) is -1.49. The first-order valence-corrected chi connectivity index (χ1v) is 7.46. The molecule has 1 aliphatic heterocycles.